The molecule has 0 atom stereocenters. The maximum absolute atomic E-state index is 13.9. The summed E-state index contributed by atoms with van der Waals surface area (Å²) in [5.74, 6) is -4.17. The van der Waals surface area contributed by atoms with Crippen molar-refractivity contribution in [1.82, 2.24) is 9.55 Å². The van der Waals surface area contributed by atoms with Crippen molar-refractivity contribution < 1.29 is 31.1 Å². The van der Waals surface area contributed by atoms with Gasteiger partial charge in [0, 0.05) is 0 Å². The second-order valence-electron chi connectivity index (χ2n) is 6.62. The molecule has 0 amide bonds. The zero-order valence-corrected chi connectivity index (χ0v) is 16.3. The van der Waals surface area contributed by atoms with Gasteiger partial charge in [-0.05, 0) is 54.6 Å². The van der Waals surface area contributed by atoms with Crippen molar-refractivity contribution in [3.63, 3.8) is 0 Å². The SMILES string of the molecule is O=c1nc(-c2c(F)cccc2F)oc(=O)n1-c1ccc(Oc2cccc(C(F)(F)F)c2)cc1. The Hall–Kier alpha value is -4.28. The quantitative estimate of drug-likeness (QED) is 0.402. The number of rotatable bonds is 4. The number of ether oxygens (including phenoxy) is 1. The molecule has 4 aromatic rings. The number of hydrogen-bond donors (Lipinski definition) is 0. The topological polar surface area (TPSA) is 74.3 Å². The minimum atomic E-state index is -4.54. The van der Waals surface area contributed by atoms with Crippen molar-refractivity contribution in [2.24, 2.45) is 0 Å². The Morgan fingerprint density at radius 2 is 1.48 bits per heavy atom. The molecule has 0 aliphatic carbocycles. The zero-order valence-electron chi connectivity index (χ0n) is 16.3. The van der Waals surface area contributed by atoms with Gasteiger partial charge in [0.15, 0.2) is 0 Å². The Kier molecular flexibility index (Phi) is 5.54. The Bertz CT molecular complexity index is 1390. The molecule has 11 heteroatoms. The van der Waals surface area contributed by atoms with Gasteiger partial charge < -0.3 is 9.15 Å². The monoisotopic (exact) mass is 462 g/mol. The molecule has 0 saturated heterocycles. The van der Waals surface area contributed by atoms with Crippen LogP contribution in [0.1, 0.15) is 5.56 Å². The summed E-state index contributed by atoms with van der Waals surface area (Å²) in [4.78, 5) is 28.2. The van der Waals surface area contributed by atoms with Crippen LogP contribution in [-0.4, -0.2) is 9.55 Å². The third kappa shape index (κ3) is 4.52. The highest BCUT2D eigenvalue weighted by molar-refractivity contribution is 5.54. The van der Waals surface area contributed by atoms with Crippen LogP contribution in [0.2, 0.25) is 0 Å². The van der Waals surface area contributed by atoms with Crippen LogP contribution in [0.4, 0.5) is 22.0 Å². The van der Waals surface area contributed by atoms with Gasteiger partial charge in [-0.2, -0.15) is 22.7 Å². The van der Waals surface area contributed by atoms with E-state index in [-0.39, 0.29) is 17.2 Å². The van der Waals surface area contributed by atoms with E-state index in [9.17, 15) is 31.5 Å². The Labute approximate surface area is 181 Å². The summed E-state index contributed by atoms with van der Waals surface area (Å²) in [5, 5.41) is 0. The maximum Gasteiger partial charge on any atom is 0.429 e. The molecule has 0 aliphatic heterocycles. The molecular formula is C22H11F5N2O4. The molecule has 0 aliphatic rings. The van der Waals surface area contributed by atoms with E-state index in [4.69, 9.17) is 9.15 Å². The lowest BCUT2D eigenvalue weighted by Crippen LogP contribution is -2.33. The van der Waals surface area contributed by atoms with Crippen LogP contribution in [0, 0.1) is 11.6 Å². The standard InChI is InChI=1S/C22H11F5N2O4/c23-16-5-2-6-17(24)18(16)19-28-20(30)29(21(31)33-19)13-7-9-14(10-8-13)32-15-4-1-3-12(11-15)22(25,26)27/h1-11H. The van der Waals surface area contributed by atoms with E-state index >= 15 is 0 Å². The second kappa shape index (κ2) is 8.34. The molecule has 0 spiro atoms. The largest absolute Gasteiger partial charge is 0.457 e. The molecule has 0 unspecified atom stereocenters. The third-order valence-corrected chi connectivity index (χ3v) is 4.42. The zero-order chi connectivity index (χ0) is 23.8. The molecule has 0 radical (unpaired) electrons. The normalized spacial score (nSPS) is 11.4. The first-order chi connectivity index (χ1) is 15.6. The maximum atomic E-state index is 13.9. The van der Waals surface area contributed by atoms with Crippen molar-refractivity contribution in [1.29, 1.82) is 0 Å². The Balaban J connectivity index is 1.64. The number of benzene rings is 3. The summed E-state index contributed by atoms with van der Waals surface area (Å²) < 4.78 is 77.0. The number of aromatic nitrogens is 2. The lowest BCUT2D eigenvalue weighted by Gasteiger charge is -2.10. The van der Waals surface area contributed by atoms with Crippen LogP contribution in [0.3, 0.4) is 0 Å². The molecule has 0 bridgehead atoms. The van der Waals surface area contributed by atoms with Crippen LogP contribution in [0.5, 0.6) is 11.5 Å². The van der Waals surface area contributed by atoms with E-state index in [1.165, 1.54) is 36.4 Å². The number of alkyl halides is 3. The average molecular weight is 462 g/mol. The van der Waals surface area contributed by atoms with Gasteiger partial charge in [0.1, 0.15) is 28.7 Å². The van der Waals surface area contributed by atoms with Crippen LogP contribution >= 0.6 is 0 Å². The molecule has 6 nitrogen and oxygen atoms in total. The third-order valence-electron chi connectivity index (χ3n) is 4.42. The molecule has 3 aromatic carbocycles. The molecule has 1 heterocycles. The van der Waals surface area contributed by atoms with Crippen molar-refractivity contribution in [3.8, 4) is 28.6 Å². The summed E-state index contributed by atoms with van der Waals surface area (Å²) in [6.07, 6.45) is -4.54. The van der Waals surface area contributed by atoms with Crippen LogP contribution < -0.4 is 16.2 Å². The van der Waals surface area contributed by atoms with E-state index in [1.54, 1.807) is 0 Å². The predicted octanol–water partition coefficient (Wildman–Crippen LogP) is 4.94. The highest BCUT2D eigenvalue weighted by atomic mass is 19.4. The van der Waals surface area contributed by atoms with E-state index in [0.29, 0.717) is 4.57 Å². The van der Waals surface area contributed by atoms with Gasteiger partial charge in [0.05, 0.1) is 11.3 Å². The highest BCUT2D eigenvalue weighted by Gasteiger charge is 2.30. The van der Waals surface area contributed by atoms with Crippen molar-refractivity contribution in [2.45, 2.75) is 6.18 Å². The summed E-state index contributed by atoms with van der Waals surface area (Å²) in [7, 11) is 0. The van der Waals surface area contributed by atoms with Gasteiger partial charge in [-0.1, -0.05) is 12.1 Å². The van der Waals surface area contributed by atoms with Crippen LogP contribution in [0.25, 0.3) is 17.1 Å². The summed E-state index contributed by atoms with van der Waals surface area (Å²) in [6, 6.07) is 12.2. The van der Waals surface area contributed by atoms with Gasteiger partial charge in [0.25, 0.3) is 0 Å². The van der Waals surface area contributed by atoms with Gasteiger partial charge in [-0.25, -0.2) is 18.4 Å². The smallest absolute Gasteiger partial charge is 0.429 e. The predicted molar refractivity (Wildman–Crippen MR) is 105 cm³/mol. The minimum Gasteiger partial charge on any atom is -0.457 e. The van der Waals surface area contributed by atoms with Gasteiger partial charge >= 0.3 is 17.6 Å². The molecule has 33 heavy (non-hydrogen) atoms. The number of halogens is 5. The van der Waals surface area contributed by atoms with E-state index < -0.39 is 46.3 Å². The first kappa shape index (κ1) is 21.9. The first-order valence-electron chi connectivity index (χ1n) is 9.17. The number of hydrogen-bond acceptors (Lipinski definition) is 5. The lowest BCUT2D eigenvalue weighted by molar-refractivity contribution is -0.137. The van der Waals surface area contributed by atoms with E-state index in [1.807, 2.05) is 0 Å². The van der Waals surface area contributed by atoms with Gasteiger partial charge in [-0.3, -0.25) is 0 Å². The van der Waals surface area contributed by atoms with Crippen molar-refractivity contribution >= 4 is 0 Å². The summed E-state index contributed by atoms with van der Waals surface area (Å²) >= 11 is 0. The molecule has 4 rings (SSSR count). The summed E-state index contributed by atoms with van der Waals surface area (Å²) in [5.41, 5.74) is -2.82. The Morgan fingerprint density at radius 3 is 2.09 bits per heavy atom. The van der Waals surface area contributed by atoms with Crippen molar-refractivity contribution in [3.05, 3.63) is 105 Å². The highest BCUT2D eigenvalue weighted by Crippen LogP contribution is 2.32. The second-order valence-corrected chi connectivity index (χ2v) is 6.62. The van der Waals surface area contributed by atoms with Gasteiger partial charge in [-0.15, -0.1) is 0 Å². The minimum absolute atomic E-state index is 0.0156. The van der Waals surface area contributed by atoms with Gasteiger partial charge in [0.2, 0.25) is 5.89 Å². The molecule has 168 valence electrons. The van der Waals surface area contributed by atoms with Crippen LogP contribution in [0.15, 0.2) is 80.7 Å². The first-order valence-corrected chi connectivity index (χ1v) is 9.17. The fourth-order valence-electron chi connectivity index (χ4n) is 2.93. The Morgan fingerprint density at radius 1 is 0.848 bits per heavy atom. The van der Waals surface area contributed by atoms with Crippen LogP contribution in [-0.2, 0) is 6.18 Å². The molecule has 0 saturated carbocycles. The van der Waals surface area contributed by atoms with E-state index in [0.717, 1.165) is 30.3 Å². The van der Waals surface area contributed by atoms with E-state index in [2.05, 4.69) is 4.98 Å². The fraction of sp³-hybridized carbons (Fsp3) is 0.0455. The number of nitrogens with zero attached hydrogens (tertiary/aromatic N) is 2. The lowest BCUT2D eigenvalue weighted by atomic mass is 10.2. The van der Waals surface area contributed by atoms with Crippen molar-refractivity contribution in [2.75, 3.05) is 0 Å². The molecule has 0 N–H and O–H groups in total. The molecular weight excluding hydrogens is 451 g/mol. The molecule has 0 fully saturated rings. The molecule has 1 aromatic heterocycles. The summed E-state index contributed by atoms with van der Waals surface area (Å²) in [6.45, 7) is 0. The fourth-order valence-corrected chi connectivity index (χ4v) is 2.93. The average Bonchev–Trinajstić information content (AvgIpc) is 2.74.